The van der Waals surface area contributed by atoms with Crippen molar-refractivity contribution in [3.8, 4) is 11.5 Å². The molecule has 0 aromatic heterocycles. The maximum absolute atomic E-state index is 11.9. The third kappa shape index (κ3) is 2.33. The number of esters is 2. The van der Waals surface area contributed by atoms with Gasteiger partial charge in [-0.15, -0.1) is 0 Å². The number of fused-ring (bicyclic) bond motifs is 1. The molecule has 0 saturated carbocycles. The van der Waals surface area contributed by atoms with Crippen LogP contribution in [0.15, 0.2) is 24.3 Å². The zero-order chi connectivity index (χ0) is 13.2. The van der Waals surface area contributed by atoms with Gasteiger partial charge in [0.15, 0.2) is 11.5 Å². The number of cyclic esters (lactones) is 1. The van der Waals surface area contributed by atoms with Gasteiger partial charge < -0.3 is 18.9 Å². The molecule has 0 N–H and O–H groups in total. The van der Waals surface area contributed by atoms with Gasteiger partial charge in [0, 0.05) is 6.42 Å². The molecule has 0 radical (unpaired) electrons. The lowest BCUT2D eigenvalue weighted by molar-refractivity contribution is -0.167. The van der Waals surface area contributed by atoms with Gasteiger partial charge in [-0.2, -0.15) is 0 Å². The van der Waals surface area contributed by atoms with Gasteiger partial charge in [0.25, 0.3) is 0 Å². The molecule has 0 bridgehead atoms. The van der Waals surface area contributed by atoms with E-state index in [1.165, 1.54) is 0 Å². The summed E-state index contributed by atoms with van der Waals surface area (Å²) in [7, 11) is 0. The van der Waals surface area contributed by atoms with E-state index in [1.807, 2.05) is 6.07 Å². The van der Waals surface area contributed by atoms with E-state index in [-0.39, 0.29) is 13.2 Å². The number of benzene rings is 1. The Hall–Kier alpha value is -2.24. The molecule has 0 aliphatic carbocycles. The fraction of sp³-hybridized carbons (Fsp3) is 0.385. The average Bonchev–Trinajstić information content (AvgIpc) is 2.84. The fourth-order valence-electron chi connectivity index (χ4n) is 1.94. The standard InChI is InChI=1S/C13H12O6/c14-12-10(5-6-16-12)19-13(15)11-7-17-8-3-1-2-4-9(8)18-11/h1-4,10-11H,5-7H2/t10-,11+/m1/s1. The Morgan fingerprint density at radius 1 is 1.21 bits per heavy atom. The van der Waals surface area contributed by atoms with Crippen molar-refractivity contribution < 1.29 is 28.5 Å². The Balaban J connectivity index is 1.64. The van der Waals surface area contributed by atoms with Crippen LogP contribution in [-0.2, 0) is 19.1 Å². The first-order valence-corrected chi connectivity index (χ1v) is 5.99. The van der Waals surface area contributed by atoms with Crippen molar-refractivity contribution in [1.29, 1.82) is 0 Å². The third-order valence-corrected chi connectivity index (χ3v) is 2.92. The van der Waals surface area contributed by atoms with Crippen LogP contribution in [0.1, 0.15) is 6.42 Å². The number of carbonyl (C=O) groups excluding carboxylic acids is 2. The molecule has 2 aliphatic heterocycles. The number of hydrogen-bond acceptors (Lipinski definition) is 6. The molecule has 1 aromatic carbocycles. The maximum Gasteiger partial charge on any atom is 0.351 e. The van der Waals surface area contributed by atoms with Crippen molar-refractivity contribution in [2.24, 2.45) is 0 Å². The minimum Gasteiger partial charge on any atom is -0.485 e. The van der Waals surface area contributed by atoms with E-state index in [9.17, 15) is 9.59 Å². The average molecular weight is 264 g/mol. The molecule has 0 amide bonds. The number of carbonyl (C=O) groups is 2. The minimum atomic E-state index is -0.858. The molecular formula is C13H12O6. The molecule has 2 atom stereocenters. The van der Waals surface area contributed by atoms with Crippen molar-refractivity contribution in [2.45, 2.75) is 18.6 Å². The summed E-state index contributed by atoms with van der Waals surface area (Å²) in [4.78, 5) is 23.1. The second-order valence-corrected chi connectivity index (χ2v) is 4.25. The molecule has 1 aromatic rings. The van der Waals surface area contributed by atoms with Gasteiger partial charge in [-0.05, 0) is 12.1 Å². The van der Waals surface area contributed by atoms with E-state index in [1.54, 1.807) is 18.2 Å². The predicted octanol–water partition coefficient (Wildman–Crippen LogP) is 0.685. The Morgan fingerprint density at radius 2 is 2.00 bits per heavy atom. The van der Waals surface area contributed by atoms with Crippen molar-refractivity contribution in [3.05, 3.63) is 24.3 Å². The molecule has 6 nitrogen and oxygen atoms in total. The molecule has 0 spiro atoms. The summed E-state index contributed by atoms with van der Waals surface area (Å²) in [5.41, 5.74) is 0. The van der Waals surface area contributed by atoms with Gasteiger partial charge in [-0.3, -0.25) is 0 Å². The van der Waals surface area contributed by atoms with Crippen LogP contribution < -0.4 is 9.47 Å². The van der Waals surface area contributed by atoms with E-state index < -0.39 is 24.1 Å². The first-order valence-electron chi connectivity index (χ1n) is 5.99. The van der Waals surface area contributed by atoms with Gasteiger partial charge in [0.2, 0.25) is 12.2 Å². The summed E-state index contributed by atoms with van der Waals surface area (Å²) in [6.07, 6.45) is -1.30. The summed E-state index contributed by atoms with van der Waals surface area (Å²) >= 11 is 0. The van der Waals surface area contributed by atoms with E-state index in [0.29, 0.717) is 17.9 Å². The third-order valence-electron chi connectivity index (χ3n) is 2.92. The highest BCUT2D eigenvalue weighted by molar-refractivity contribution is 5.82. The lowest BCUT2D eigenvalue weighted by Gasteiger charge is -2.25. The summed E-state index contributed by atoms with van der Waals surface area (Å²) in [6.45, 7) is 0.346. The van der Waals surface area contributed by atoms with Gasteiger partial charge in [-0.25, -0.2) is 9.59 Å². The Morgan fingerprint density at radius 3 is 2.74 bits per heavy atom. The van der Waals surface area contributed by atoms with Crippen LogP contribution in [0.4, 0.5) is 0 Å². The van der Waals surface area contributed by atoms with Crippen molar-refractivity contribution in [3.63, 3.8) is 0 Å². The molecule has 2 aliphatic rings. The zero-order valence-electron chi connectivity index (χ0n) is 10.0. The fourth-order valence-corrected chi connectivity index (χ4v) is 1.94. The van der Waals surface area contributed by atoms with E-state index in [2.05, 4.69) is 0 Å². The molecule has 100 valence electrons. The Bertz CT molecular complexity index is 512. The number of hydrogen-bond donors (Lipinski definition) is 0. The summed E-state index contributed by atoms with van der Waals surface area (Å²) in [5.74, 6) is -0.0413. The van der Waals surface area contributed by atoms with Crippen LogP contribution in [-0.4, -0.2) is 37.4 Å². The Kier molecular flexibility index (Phi) is 2.98. The lowest BCUT2D eigenvalue weighted by atomic mass is 10.2. The first-order chi connectivity index (χ1) is 9.24. The molecule has 19 heavy (non-hydrogen) atoms. The molecule has 1 saturated heterocycles. The van der Waals surface area contributed by atoms with Gasteiger partial charge in [0.05, 0.1) is 6.61 Å². The SMILES string of the molecule is O=C(O[C@@H]1CCOC1=O)[C@@H]1COc2ccccc2O1. The summed E-state index contributed by atoms with van der Waals surface area (Å²) in [6, 6.07) is 7.06. The normalized spacial score (nSPS) is 24.7. The molecule has 6 heteroatoms. The molecule has 1 fully saturated rings. The van der Waals surface area contributed by atoms with Gasteiger partial charge in [-0.1, -0.05) is 12.1 Å². The summed E-state index contributed by atoms with van der Waals surface area (Å²) < 4.78 is 20.7. The topological polar surface area (TPSA) is 71.1 Å². The van der Waals surface area contributed by atoms with Crippen LogP contribution >= 0.6 is 0 Å². The van der Waals surface area contributed by atoms with E-state index in [0.717, 1.165) is 0 Å². The smallest absolute Gasteiger partial charge is 0.351 e. The van der Waals surface area contributed by atoms with Crippen LogP contribution in [0, 0.1) is 0 Å². The summed E-state index contributed by atoms with van der Waals surface area (Å²) in [5, 5.41) is 0. The highest BCUT2D eigenvalue weighted by Gasteiger charge is 2.35. The number of ether oxygens (including phenoxy) is 4. The Labute approximate surface area is 109 Å². The van der Waals surface area contributed by atoms with Gasteiger partial charge >= 0.3 is 11.9 Å². The van der Waals surface area contributed by atoms with Crippen LogP contribution in [0.3, 0.4) is 0 Å². The van der Waals surface area contributed by atoms with Crippen LogP contribution in [0.25, 0.3) is 0 Å². The monoisotopic (exact) mass is 264 g/mol. The van der Waals surface area contributed by atoms with E-state index >= 15 is 0 Å². The second-order valence-electron chi connectivity index (χ2n) is 4.25. The number of para-hydroxylation sites is 2. The molecule has 2 heterocycles. The van der Waals surface area contributed by atoms with Gasteiger partial charge in [0.1, 0.15) is 6.61 Å². The highest BCUT2D eigenvalue weighted by Crippen LogP contribution is 2.31. The van der Waals surface area contributed by atoms with Crippen LogP contribution in [0.2, 0.25) is 0 Å². The highest BCUT2D eigenvalue weighted by atomic mass is 16.6. The lowest BCUT2D eigenvalue weighted by Crippen LogP contribution is -2.40. The van der Waals surface area contributed by atoms with Crippen molar-refractivity contribution in [1.82, 2.24) is 0 Å². The van der Waals surface area contributed by atoms with E-state index in [4.69, 9.17) is 18.9 Å². The molecule has 0 unspecified atom stereocenters. The second kappa shape index (κ2) is 4.79. The zero-order valence-corrected chi connectivity index (χ0v) is 10.0. The van der Waals surface area contributed by atoms with Crippen molar-refractivity contribution >= 4 is 11.9 Å². The molecule has 3 rings (SSSR count). The minimum absolute atomic E-state index is 0.0671. The van der Waals surface area contributed by atoms with Crippen LogP contribution in [0.5, 0.6) is 11.5 Å². The van der Waals surface area contributed by atoms with Crippen molar-refractivity contribution in [2.75, 3.05) is 13.2 Å². The quantitative estimate of drug-likeness (QED) is 0.732. The molecular weight excluding hydrogens is 252 g/mol. The first kappa shape index (κ1) is 11.8. The maximum atomic E-state index is 11.9. The predicted molar refractivity (Wildman–Crippen MR) is 61.8 cm³/mol. The largest absolute Gasteiger partial charge is 0.485 e. The number of rotatable bonds is 2.